The molecule has 0 N–H and O–H groups in total. The molecule has 2 amide bonds. The molecular formula is C27H33N3O2. The van der Waals surface area contributed by atoms with Gasteiger partial charge < -0.3 is 9.80 Å². The smallest absolute Gasteiger partial charge is 0.277 e. The molecule has 0 unspecified atom stereocenters. The standard InChI is InChI=1S/C27H33N3O2/c1-4-5-9-14-30-26(31)24(23-13-12-20(2)19-21(23)3)25(27(30)32)29-17-15-28(16-18-29)22-10-7-6-8-11-22/h6-8,10-13,19H,4-5,9,14-18H2,1-3H3. The first kappa shape index (κ1) is 22.1. The van der Waals surface area contributed by atoms with E-state index in [9.17, 15) is 9.59 Å². The second kappa shape index (κ2) is 9.60. The van der Waals surface area contributed by atoms with Crippen molar-refractivity contribution in [1.29, 1.82) is 0 Å². The molecule has 168 valence electrons. The summed E-state index contributed by atoms with van der Waals surface area (Å²) in [5, 5.41) is 0. The van der Waals surface area contributed by atoms with Crippen molar-refractivity contribution in [3.8, 4) is 0 Å². The molecule has 2 aliphatic heterocycles. The summed E-state index contributed by atoms with van der Waals surface area (Å²) in [6.07, 6.45) is 2.92. The van der Waals surface area contributed by atoms with E-state index in [2.05, 4.69) is 47.1 Å². The maximum atomic E-state index is 13.5. The second-order valence-corrected chi connectivity index (χ2v) is 8.82. The molecule has 0 radical (unpaired) electrons. The third-order valence-corrected chi connectivity index (χ3v) is 6.50. The molecule has 1 fully saturated rings. The summed E-state index contributed by atoms with van der Waals surface area (Å²) in [5.74, 6) is -0.271. The Morgan fingerprint density at radius 1 is 0.812 bits per heavy atom. The Kier molecular flexibility index (Phi) is 6.63. The van der Waals surface area contributed by atoms with Crippen molar-refractivity contribution in [3.63, 3.8) is 0 Å². The molecule has 32 heavy (non-hydrogen) atoms. The van der Waals surface area contributed by atoms with Crippen molar-refractivity contribution in [1.82, 2.24) is 9.80 Å². The predicted molar refractivity (Wildman–Crippen MR) is 129 cm³/mol. The monoisotopic (exact) mass is 431 g/mol. The number of hydrogen-bond acceptors (Lipinski definition) is 4. The second-order valence-electron chi connectivity index (χ2n) is 8.82. The van der Waals surface area contributed by atoms with Gasteiger partial charge in [0.1, 0.15) is 5.70 Å². The minimum absolute atomic E-state index is 0.130. The summed E-state index contributed by atoms with van der Waals surface area (Å²) in [6, 6.07) is 16.5. The van der Waals surface area contributed by atoms with Crippen molar-refractivity contribution < 1.29 is 9.59 Å². The molecule has 1 saturated heterocycles. The Hall–Kier alpha value is -3.08. The van der Waals surface area contributed by atoms with Crippen LogP contribution in [0.5, 0.6) is 0 Å². The van der Waals surface area contributed by atoms with E-state index in [1.54, 1.807) is 0 Å². The van der Waals surface area contributed by atoms with Crippen LogP contribution in [-0.2, 0) is 9.59 Å². The van der Waals surface area contributed by atoms with E-state index in [1.807, 2.05) is 32.0 Å². The fraction of sp³-hybridized carbons (Fsp3) is 0.407. The van der Waals surface area contributed by atoms with Gasteiger partial charge in [-0.15, -0.1) is 0 Å². The molecule has 2 heterocycles. The van der Waals surface area contributed by atoms with Crippen LogP contribution < -0.4 is 4.90 Å². The first-order valence-corrected chi connectivity index (χ1v) is 11.7. The number of amides is 2. The van der Waals surface area contributed by atoms with Crippen molar-refractivity contribution in [2.45, 2.75) is 40.0 Å². The van der Waals surface area contributed by atoms with Crippen LogP contribution >= 0.6 is 0 Å². The minimum Gasteiger partial charge on any atom is -0.368 e. The summed E-state index contributed by atoms with van der Waals surface area (Å²) in [5.41, 5.74) is 5.44. The predicted octanol–water partition coefficient (Wildman–Crippen LogP) is 4.40. The number of aryl methyl sites for hydroxylation is 2. The molecule has 5 heteroatoms. The quantitative estimate of drug-likeness (QED) is 0.482. The van der Waals surface area contributed by atoms with Gasteiger partial charge in [0.05, 0.1) is 5.57 Å². The Morgan fingerprint density at radius 2 is 1.50 bits per heavy atom. The number of nitrogens with zero attached hydrogens (tertiary/aromatic N) is 3. The Balaban J connectivity index is 1.64. The summed E-state index contributed by atoms with van der Waals surface area (Å²) in [7, 11) is 0. The number of carbonyl (C=O) groups excluding carboxylic acids is 2. The third kappa shape index (κ3) is 4.29. The van der Waals surface area contributed by atoms with Crippen molar-refractivity contribution in [2.75, 3.05) is 37.6 Å². The zero-order valence-electron chi connectivity index (χ0n) is 19.4. The van der Waals surface area contributed by atoms with E-state index >= 15 is 0 Å². The van der Waals surface area contributed by atoms with Crippen LogP contribution in [0.2, 0.25) is 0 Å². The summed E-state index contributed by atoms with van der Waals surface area (Å²) in [4.78, 5) is 33.0. The van der Waals surface area contributed by atoms with E-state index in [0.29, 0.717) is 17.8 Å². The fourth-order valence-corrected chi connectivity index (χ4v) is 4.74. The van der Waals surface area contributed by atoms with Crippen molar-refractivity contribution in [2.24, 2.45) is 0 Å². The summed E-state index contributed by atoms with van der Waals surface area (Å²) >= 11 is 0. The number of piperazine rings is 1. The van der Waals surface area contributed by atoms with Gasteiger partial charge in [-0.1, -0.05) is 61.7 Å². The van der Waals surface area contributed by atoms with E-state index in [0.717, 1.165) is 62.1 Å². The lowest BCUT2D eigenvalue weighted by molar-refractivity contribution is -0.137. The van der Waals surface area contributed by atoms with Crippen LogP contribution in [0.1, 0.15) is 42.9 Å². The maximum Gasteiger partial charge on any atom is 0.277 e. The number of imide groups is 1. The zero-order chi connectivity index (χ0) is 22.7. The van der Waals surface area contributed by atoms with Crippen molar-refractivity contribution in [3.05, 3.63) is 70.9 Å². The Labute approximate surface area is 191 Å². The van der Waals surface area contributed by atoms with E-state index < -0.39 is 0 Å². The summed E-state index contributed by atoms with van der Waals surface area (Å²) < 4.78 is 0. The molecule has 0 atom stereocenters. The first-order chi connectivity index (χ1) is 15.5. The normalized spacial score (nSPS) is 17.0. The molecule has 2 aliphatic rings. The number of carbonyl (C=O) groups is 2. The van der Waals surface area contributed by atoms with Gasteiger partial charge in [-0.2, -0.15) is 0 Å². The zero-order valence-corrected chi connectivity index (χ0v) is 19.4. The lowest BCUT2D eigenvalue weighted by Gasteiger charge is -2.37. The molecule has 0 bridgehead atoms. The third-order valence-electron chi connectivity index (χ3n) is 6.50. The lowest BCUT2D eigenvalue weighted by atomic mass is 9.97. The fourth-order valence-electron chi connectivity index (χ4n) is 4.74. The molecule has 0 spiro atoms. The number of benzene rings is 2. The SMILES string of the molecule is CCCCCN1C(=O)C(c2ccc(C)cc2C)=C(N2CCN(c3ccccc3)CC2)C1=O. The molecule has 4 rings (SSSR count). The number of unbranched alkanes of at least 4 members (excludes halogenated alkanes) is 2. The van der Waals surface area contributed by atoms with Crippen LogP contribution in [-0.4, -0.2) is 54.3 Å². The average molecular weight is 432 g/mol. The van der Waals surface area contributed by atoms with E-state index in [-0.39, 0.29) is 11.8 Å². The maximum absolute atomic E-state index is 13.5. The highest BCUT2D eigenvalue weighted by molar-refractivity contribution is 6.35. The minimum atomic E-state index is -0.140. The van der Waals surface area contributed by atoms with E-state index in [4.69, 9.17) is 0 Å². The van der Waals surface area contributed by atoms with Crippen LogP contribution in [0, 0.1) is 13.8 Å². The van der Waals surface area contributed by atoms with E-state index in [1.165, 1.54) is 10.6 Å². The average Bonchev–Trinajstić information content (AvgIpc) is 3.04. The molecule has 0 aliphatic carbocycles. The van der Waals surface area contributed by atoms with Gasteiger partial charge in [0.15, 0.2) is 0 Å². The van der Waals surface area contributed by atoms with Gasteiger partial charge in [-0.3, -0.25) is 14.5 Å². The Morgan fingerprint density at radius 3 is 2.16 bits per heavy atom. The van der Waals surface area contributed by atoms with Gasteiger partial charge in [0.25, 0.3) is 11.8 Å². The molecule has 2 aromatic carbocycles. The van der Waals surface area contributed by atoms with Gasteiger partial charge in [-0.25, -0.2) is 0 Å². The lowest BCUT2D eigenvalue weighted by Crippen LogP contribution is -2.47. The first-order valence-electron chi connectivity index (χ1n) is 11.7. The topological polar surface area (TPSA) is 43.9 Å². The molecular weight excluding hydrogens is 398 g/mol. The highest BCUT2D eigenvalue weighted by Gasteiger charge is 2.42. The largest absolute Gasteiger partial charge is 0.368 e. The number of anilines is 1. The summed E-state index contributed by atoms with van der Waals surface area (Å²) in [6.45, 7) is 9.79. The molecule has 2 aromatic rings. The molecule has 5 nitrogen and oxygen atoms in total. The van der Waals surface area contributed by atoms with Crippen LogP contribution in [0.3, 0.4) is 0 Å². The van der Waals surface area contributed by atoms with Gasteiger partial charge >= 0.3 is 0 Å². The van der Waals surface area contributed by atoms with Gasteiger partial charge in [0, 0.05) is 38.4 Å². The van der Waals surface area contributed by atoms with Crippen LogP contribution in [0.25, 0.3) is 5.57 Å². The van der Waals surface area contributed by atoms with Crippen LogP contribution in [0.4, 0.5) is 5.69 Å². The Bertz CT molecular complexity index is 1020. The number of para-hydroxylation sites is 1. The van der Waals surface area contributed by atoms with Crippen molar-refractivity contribution >= 4 is 23.1 Å². The number of hydrogen-bond donors (Lipinski definition) is 0. The highest BCUT2D eigenvalue weighted by atomic mass is 16.2. The van der Waals surface area contributed by atoms with Gasteiger partial charge in [0.2, 0.25) is 0 Å². The molecule has 0 aromatic heterocycles. The molecule has 0 saturated carbocycles. The van der Waals surface area contributed by atoms with Gasteiger partial charge in [-0.05, 0) is 43.5 Å². The highest BCUT2D eigenvalue weighted by Crippen LogP contribution is 2.34. The van der Waals surface area contributed by atoms with Crippen LogP contribution in [0.15, 0.2) is 54.2 Å². The number of rotatable bonds is 7.